The van der Waals surface area contributed by atoms with Crippen LogP contribution in [0.5, 0.6) is 0 Å². The van der Waals surface area contributed by atoms with Crippen molar-refractivity contribution in [2.24, 2.45) is 5.73 Å². The van der Waals surface area contributed by atoms with Crippen molar-refractivity contribution in [3.05, 3.63) is 35.4 Å². The predicted molar refractivity (Wildman–Crippen MR) is 57.0 cm³/mol. The van der Waals surface area contributed by atoms with Crippen LogP contribution < -0.4 is 5.73 Å². The Bertz CT molecular complexity index is 355. The van der Waals surface area contributed by atoms with E-state index in [-0.39, 0.29) is 0 Å². The monoisotopic (exact) mass is 227 g/mol. The molecule has 0 bridgehead atoms. The van der Waals surface area contributed by atoms with E-state index in [2.05, 4.69) is 0 Å². The molecule has 88 valence electrons. The molecule has 1 aliphatic heterocycles. The zero-order valence-corrected chi connectivity index (χ0v) is 9.01. The molecule has 1 saturated heterocycles. The fourth-order valence-corrected chi connectivity index (χ4v) is 2.13. The molecule has 2 nitrogen and oxygen atoms in total. The van der Waals surface area contributed by atoms with Gasteiger partial charge in [0.05, 0.1) is 6.61 Å². The zero-order chi connectivity index (χ0) is 11.6. The molecule has 0 amide bonds. The van der Waals surface area contributed by atoms with Crippen molar-refractivity contribution in [2.45, 2.75) is 24.8 Å². The molecule has 0 spiro atoms. The van der Waals surface area contributed by atoms with E-state index in [9.17, 15) is 8.78 Å². The number of nitrogens with two attached hydrogens (primary N) is 1. The van der Waals surface area contributed by atoms with Crippen molar-refractivity contribution in [3.63, 3.8) is 0 Å². The normalized spacial score (nSPS) is 25.7. The third kappa shape index (κ3) is 2.77. The van der Waals surface area contributed by atoms with E-state index < -0.39 is 17.2 Å². The van der Waals surface area contributed by atoms with E-state index in [1.54, 1.807) is 0 Å². The zero-order valence-electron chi connectivity index (χ0n) is 9.01. The van der Waals surface area contributed by atoms with E-state index in [0.717, 1.165) is 25.5 Å². The molecule has 0 aliphatic carbocycles. The highest BCUT2D eigenvalue weighted by molar-refractivity contribution is 5.20. The second-order valence-corrected chi connectivity index (χ2v) is 4.47. The SMILES string of the molecule is NC1(Cc2cc(F)cc(F)c2)CCCOC1. The molecule has 1 heterocycles. The summed E-state index contributed by atoms with van der Waals surface area (Å²) in [4.78, 5) is 0. The largest absolute Gasteiger partial charge is 0.380 e. The Labute approximate surface area is 93.4 Å². The Morgan fingerprint density at radius 3 is 2.50 bits per heavy atom. The van der Waals surface area contributed by atoms with Crippen molar-refractivity contribution in [1.29, 1.82) is 0 Å². The lowest BCUT2D eigenvalue weighted by Gasteiger charge is -2.33. The van der Waals surface area contributed by atoms with Crippen LogP contribution in [-0.4, -0.2) is 18.8 Å². The van der Waals surface area contributed by atoms with Gasteiger partial charge in [0.25, 0.3) is 0 Å². The van der Waals surface area contributed by atoms with Crippen LogP contribution in [0.15, 0.2) is 18.2 Å². The molecule has 2 N–H and O–H groups in total. The van der Waals surface area contributed by atoms with Crippen molar-refractivity contribution in [3.8, 4) is 0 Å². The summed E-state index contributed by atoms with van der Waals surface area (Å²) in [6, 6.07) is 3.52. The molecule has 2 rings (SSSR count). The number of benzene rings is 1. The molecular formula is C12H15F2NO. The van der Waals surface area contributed by atoms with E-state index in [4.69, 9.17) is 10.5 Å². The summed E-state index contributed by atoms with van der Waals surface area (Å²) in [6.07, 6.45) is 2.17. The Morgan fingerprint density at radius 2 is 1.94 bits per heavy atom. The van der Waals surface area contributed by atoms with Gasteiger partial charge in [-0.15, -0.1) is 0 Å². The van der Waals surface area contributed by atoms with E-state index in [1.165, 1.54) is 12.1 Å². The van der Waals surface area contributed by atoms with Crippen LogP contribution >= 0.6 is 0 Å². The fourth-order valence-electron chi connectivity index (χ4n) is 2.13. The second-order valence-electron chi connectivity index (χ2n) is 4.47. The average molecular weight is 227 g/mol. The quantitative estimate of drug-likeness (QED) is 0.838. The Balaban J connectivity index is 2.13. The van der Waals surface area contributed by atoms with Crippen LogP contribution in [0.25, 0.3) is 0 Å². The van der Waals surface area contributed by atoms with E-state index in [1.807, 2.05) is 0 Å². The molecule has 1 aromatic carbocycles. The molecule has 1 atom stereocenters. The van der Waals surface area contributed by atoms with Gasteiger partial charge in [-0.1, -0.05) is 0 Å². The van der Waals surface area contributed by atoms with Crippen LogP contribution in [0.4, 0.5) is 8.78 Å². The van der Waals surface area contributed by atoms with Crippen LogP contribution in [0, 0.1) is 11.6 Å². The standard InChI is InChI=1S/C12H15F2NO/c13-10-4-9(5-11(14)6-10)7-12(15)2-1-3-16-8-12/h4-6H,1-3,7-8,15H2. The van der Waals surface area contributed by atoms with Gasteiger partial charge in [0.1, 0.15) is 11.6 Å². The van der Waals surface area contributed by atoms with Crippen molar-refractivity contribution >= 4 is 0 Å². The molecule has 1 aromatic rings. The maximum absolute atomic E-state index is 13.0. The molecule has 0 aromatic heterocycles. The topological polar surface area (TPSA) is 35.2 Å². The first kappa shape index (κ1) is 11.5. The summed E-state index contributed by atoms with van der Waals surface area (Å²) in [5.74, 6) is -1.12. The third-order valence-electron chi connectivity index (χ3n) is 2.83. The number of ether oxygens (including phenoxy) is 1. The maximum atomic E-state index is 13.0. The summed E-state index contributed by atoms with van der Waals surface area (Å²) in [5, 5.41) is 0. The van der Waals surface area contributed by atoms with Crippen LogP contribution in [-0.2, 0) is 11.2 Å². The fraction of sp³-hybridized carbons (Fsp3) is 0.500. The van der Waals surface area contributed by atoms with E-state index >= 15 is 0 Å². The maximum Gasteiger partial charge on any atom is 0.126 e. The highest BCUT2D eigenvalue weighted by atomic mass is 19.1. The van der Waals surface area contributed by atoms with Gasteiger partial charge in [-0.05, 0) is 37.0 Å². The Hall–Kier alpha value is -1.00. The van der Waals surface area contributed by atoms with Crippen molar-refractivity contribution < 1.29 is 13.5 Å². The van der Waals surface area contributed by atoms with Gasteiger partial charge in [0.15, 0.2) is 0 Å². The van der Waals surface area contributed by atoms with Gasteiger partial charge in [0.2, 0.25) is 0 Å². The van der Waals surface area contributed by atoms with Gasteiger partial charge < -0.3 is 10.5 Å². The minimum atomic E-state index is -0.560. The first-order valence-corrected chi connectivity index (χ1v) is 5.39. The predicted octanol–water partition coefficient (Wildman–Crippen LogP) is 2.02. The van der Waals surface area contributed by atoms with Crippen LogP contribution in [0.3, 0.4) is 0 Å². The van der Waals surface area contributed by atoms with Gasteiger partial charge in [-0.25, -0.2) is 8.78 Å². The lowest BCUT2D eigenvalue weighted by molar-refractivity contribution is 0.0382. The average Bonchev–Trinajstić information content (AvgIpc) is 2.15. The molecule has 16 heavy (non-hydrogen) atoms. The second kappa shape index (κ2) is 4.47. The highest BCUT2D eigenvalue weighted by Crippen LogP contribution is 2.22. The minimum Gasteiger partial charge on any atom is -0.380 e. The van der Waals surface area contributed by atoms with Gasteiger partial charge >= 0.3 is 0 Å². The number of hydrogen-bond donors (Lipinski definition) is 1. The van der Waals surface area contributed by atoms with Crippen molar-refractivity contribution in [2.75, 3.05) is 13.2 Å². The molecule has 1 fully saturated rings. The summed E-state index contributed by atoms with van der Waals surface area (Å²) >= 11 is 0. The number of halogens is 2. The molecule has 4 heteroatoms. The Kier molecular flexibility index (Phi) is 3.21. The summed E-state index contributed by atoms with van der Waals surface area (Å²) < 4.78 is 31.3. The minimum absolute atomic E-state index is 0.446. The summed E-state index contributed by atoms with van der Waals surface area (Å²) in [5.41, 5.74) is 6.22. The first-order valence-electron chi connectivity index (χ1n) is 5.39. The molecule has 0 radical (unpaired) electrons. The van der Waals surface area contributed by atoms with Gasteiger partial charge in [-0.3, -0.25) is 0 Å². The highest BCUT2D eigenvalue weighted by Gasteiger charge is 2.28. The van der Waals surface area contributed by atoms with Crippen molar-refractivity contribution in [1.82, 2.24) is 0 Å². The lowest BCUT2D eigenvalue weighted by atomic mass is 9.87. The van der Waals surface area contributed by atoms with E-state index in [0.29, 0.717) is 18.6 Å². The molecule has 1 unspecified atom stereocenters. The van der Waals surface area contributed by atoms with Gasteiger partial charge in [0, 0.05) is 18.2 Å². The van der Waals surface area contributed by atoms with Crippen LogP contribution in [0.1, 0.15) is 18.4 Å². The molecule has 1 aliphatic rings. The lowest BCUT2D eigenvalue weighted by Crippen LogP contribution is -2.49. The first-order chi connectivity index (χ1) is 7.57. The summed E-state index contributed by atoms with van der Waals surface area (Å²) in [6.45, 7) is 1.17. The smallest absolute Gasteiger partial charge is 0.126 e. The number of rotatable bonds is 2. The summed E-state index contributed by atoms with van der Waals surface area (Å²) in [7, 11) is 0. The molecule has 0 saturated carbocycles. The third-order valence-corrected chi connectivity index (χ3v) is 2.83. The Morgan fingerprint density at radius 1 is 1.25 bits per heavy atom. The van der Waals surface area contributed by atoms with Gasteiger partial charge in [-0.2, -0.15) is 0 Å². The van der Waals surface area contributed by atoms with Crippen LogP contribution in [0.2, 0.25) is 0 Å². The number of hydrogen-bond acceptors (Lipinski definition) is 2. The molecular weight excluding hydrogens is 212 g/mol.